The Morgan fingerprint density at radius 3 is 2.82 bits per heavy atom. The summed E-state index contributed by atoms with van der Waals surface area (Å²) in [7, 11) is 0. The van der Waals surface area contributed by atoms with Crippen molar-refractivity contribution in [1.82, 2.24) is 25.5 Å². The van der Waals surface area contributed by atoms with E-state index in [1.807, 2.05) is 6.92 Å². The Balaban J connectivity index is 2.32. The second kappa shape index (κ2) is 6.99. The molecule has 1 aromatic heterocycles. The average molecular weight is 324 g/mol. The molecule has 1 amide bonds. The number of benzene rings is 1. The number of aliphatic carboxylic acids is 1. The number of nitrogens with zero attached hydrogens (tertiary/aromatic N) is 4. The summed E-state index contributed by atoms with van der Waals surface area (Å²) in [6, 6.07) is 3.66. The SMILES string of the molecule is CCCC(NC(=O)c1cc(Cl)ccc1-n1cnnn1)C(=O)O. The topological polar surface area (TPSA) is 110 Å². The molecule has 116 valence electrons. The van der Waals surface area contributed by atoms with E-state index in [1.165, 1.54) is 17.1 Å². The number of hydrogen-bond donors (Lipinski definition) is 2. The summed E-state index contributed by atoms with van der Waals surface area (Å²) in [5.74, 6) is -1.63. The number of carbonyl (C=O) groups excluding carboxylic acids is 1. The summed E-state index contributed by atoms with van der Waals surface area (Å²) >= 11 is 5.93. The standard InChI is InChI=1S/C13H14ClN5O3/c1-2-3-10(13(21)22)16-12(20)9-6-8(14)4-5-11(9)19-7-15-17-18-19/h4-7,10H,2-3H2,1H3,(H,16,20)(H,21,22). The van der Waals surface area contributed by atoms with Crippen molar-refractivity contribution in [3.05, 3.63) is 35.1 Å². The number of carboxylic acid groups (broad SMARTS) is 1. The van der Waals surface area contributed by atoms with Gasteiger partial charge in [0, 0.05) is 5.02 Å². The molecule has 0 fully saturated rings. The zero-order valence-corrected chi connectivity index (χ0v) is 12.5. The molecule has 1 unspecified atom stereocenters. The summed E-state index contributed by atoms with van der Waals surface area (Å²) in [5.41, 5.74) is 0.606. The van der Waals surface area contributed by atoms with E-state index in [4.69, 9.17) is 16.7 Å². The van der Waals surface area contributed by atoms with Crippen LogP contribution in [0, 0.1) is 0 Å². The first kappa shape index (κ1) is 15.9. The maximum atomic E-state index is 12.4. The van der Waals surface area contributed by atoms with Crippen LogP contribution in [-0.4, -0.2) is 43.2 Å². The molecule has 0 spiro atoms. The molecule has 2 aromatic rings. The molecule has 2 rings (SSSR count). The Morgan fingerprint density at radius 1 is 1.45 bits per heavy atom. The first-order valence-corrected chi connectivity index (χ1v) is 6.97. The zero-order chi connectivity index (χ0) is 16.1. The van der Waals surface area contributed by atoms with Gasteiger partial charge in [0.2, 0.25) is 0 Å². The molecule has 0 saturated carbocycles. The number of aromatic nitrogens is 4. The van der Waals surface area contributed by atoms with Gasteiger partial charge in [0.15, 0.2) is 0 Å². The third-order valence-electron chi connectivity index (χ3n) is 2.98. The van der Waals surface area contributed by atoms with Crippen molar-refractivity contribution in [1.29, 1.82) is 0 Å². The Labute approximate surface area is 131 Å². The molecule has 1 aromatic carbocycles. The average Bonchev–Trinajstić information content (AvgIpc) is 3.00. The van der Waals surface area contributed by atoms with Crippen LogP contribution in [0.25, 0.3) is 5.69 Å². The van der Waals surface area contributed by atoms with Gasteiger partial charge in [-0.25, -0.2) is 4.79 Å². The quantitative estimate of drug-likeness (QED) is 0.829. The molecule has 0 radical (unpaired) electrons. The van der Waals surface area contributed by atoms with Gasteiger partial charge < -0.3 is 10.4 Å². The van der Waals surface area contributed by atoms with E-state index >= 15 is 0 Å². The number of halogens is 1. The Bertz CT molecular complexity index is 674. The van der Waals surface area contributed by atoms with Crippen LogP contribution < -0.4 is 5.32 Å². The van der Waals surface area contributed by atoms with E-state index in [9.17, 15) is 9.59 Å². The maximum Gasteiger partial charge on any atom is 0.326 e. The number of nitrogens with one attached hydrogen (secondary N) is 1. The van der Waals surface area contributed by atoms with Crippen molar-refractivity contribution in [2.75, 3.05) is 0 Å². The fourth-order valence-electron chi connectivity index (χ4n) is 1.94. The van der Waals surface area contributed by atoms with Crippen LogP contribution in [-0.2, 0) is 4.79 Å². The van der Waals surface area contributed by atoms with Crippen molar-refractivity contribution in [3.63, 3.8) is 0 Å². The Morgan fingerprint density at radius 2 is 2.23 bits per heavy atom. The highest BCUT2D eigenvalue weighted by Crippen LogP contribution is 2.19. The monoisotopic (exact) mass is 323 g/mol. The van der Waals surface area contributed by atoms with Gasteiger partial charge >= 0.3 is 5.97 Å². The van der Waals surface area contributed by atoms with Crippen LogP contribution in [0.2, 0.25) is 5.02 Å². The molecular weight excluding hydrogens is 310 g/mol. The molecule has 1 atom stereocenters. The van der Waals surface area contributed by atoms with Crippen molar-refractivity contribution < 1.29 is 14.7 Å². The second-order valence-corrected chi connectivity index (χ2v) is 5.01. The lowest BCUT2D eigenvalue weighted by Gasteiger charge is -2.15. The predicted octanol–water partition coefficient (Wildman–Crippen LogP) is 1.30. The summed E-state index contributed by atoms with van der Waals surface area (Å²) < 4.78 is 1.31. The molecule has 22 heavy (non-hydrogen) atoms. The molecule has 1 heterocycles. The van der Waals surface area contributed by atoms with Crippen LogP contribution >= 0.6 is 11.6 Å². The normalized spacial score (nSPS) is 11.9. The Kier molecular flexibility index (Phi) is 5.05. The van der Waals surface area contributed by atoms with Gasteiger partial charge in [0.05, 0.1) is 11.3 Å². The van der Waals surface area contributed by atoms with Crippen molar-refractivity contribution in [3.8, 4) is 5.69 Å². The van der Waals surface area contributed by atoms with E-state index < -0.39 is 17.9 Å². The van der Waals surface area contributed by atoms with Gasteiger partial charge in [-0.05, 0) is 35.0 Å². The lowest BCUT2D eigenvalue weighted by molar-refractivity contribution is -0.139. The molecule has 2 N–H and O–H groups in total. The zero-order valence-electron chi connectivity index (χ0n) is 11.7. The molecule has 0 aliphatic heterocycles. The van der Waals surface area contributed by atoms with E-state index in [1.54, 1.807) is 12.1 Å². The van der Waals surface area contributed by atoms with Crippen LogP contribution in [0.5, 0.6) is 0 Å². The Hall–Kier alpha value is -2.48. The maximum absolute atomic E-state index is 12.4. The minimum absolute atomic E-state index is 0.196. The van der Waals surface area contributed by atoms with E-state index in [0.717, 1.165) is 0 Å². The highest BCUT2D eigenvalue weighted by molar-refractivity contribution is 6.31. The van der Waals surface area contributed by atoms with Gasteiger partial charge in [0.25, 0.3) is 5.91 Å². The third-order valence-corrected chi connectivity index (χ3v) is 3.21. The highest BCUT2D eigenvalue weighted by Gasteiger charge is 2.22. The van der Waals surface area contributed by atoms with Crippen LogP contribution in [0.3, 0.4) is 0 Å². The first-order chi connectivity index (χ1) is 10.5. The van der Waals surface area contributed by atoms with E-state index in [2.05, 4.69) is 20.8 Å². The van der Waals surface area contributed by atoms with Crippen LogP contribution in [0.15, 0.2) is 24.5 Å². The van der Waals surface area contributed by atoms with Gasteiger partial charge in [-0.2, -0.15) is 4.68 Å². The van der Waals surface area contributed by atoms with Crippen molar-refractivity contribution in [2.24, 2.45) is 0 Å². The van der Waals surface area contributed by atoms with Gasteiger partial charge in [0.1, 0.15) is 12.4 Å². The minimum Gasteiger partial charge on any atom is -0.480 e. The first-order valence-electron chi connectivity index (χ1n) is 6.59. The largest absolute Gasteiger partial charge is 0.480 e. The minimum atomic E-state index is -1.08. The molecule has 0 aliphatic rings. The summed E-state index contributed by atoms with van der Waals surface area (Å²) in [6.07, 6.45) is 2.30. The van der Waals surface area contributed by atoms with Crippen LogP contribution in [0.1, 0.15) is 30.1 Å². The lowest BCUT2D eigenvalue weighted by atomic mass is 10.1. The van der Waals surface area contributed by atoms with Gasteiger partial charge in [-0.15, -0.1) is 5.10 Å². The smallest absolute Gasteiger partial charge is 0.326 e. The molecule has 8 nitrogen and oxygen atoms in total. The van der Waals surface area contributed by atoms with Crippen molar-refractivity contribution in [2.45, 2.75) is 25.8 Å². The number of amides is 1. The number of hydrogen-bond acceptors (Lipinski definition) is 5. The summed E-state index contributed by atoms with van der Waals surface area (Å²) in [5, 5.41) is 22.7. The molecule has 0 saturated heterocycles. The molecule has 0 aliphatic carbocycles. The lowest BCUT2D eigenvalue weighted by Crippen LogP contribution is -2.41. The van der Waals surface area contributed by atoms with Gasteiger partial charge in [-0.1, -0.05) is 24.9 Å². The van der Waals surface area contributed by atoms with E-state index in [0.29, 0.717) is 23.6 Å². The van der Waals surface area contributed by atoms with Crippen LogP contribution in [0.4, 0.5) is 0 Å². The third kappa shape index (κ3) is 3.59. The number of rotatable bonds is 6. The molecule has 9 heteroatoms. The van der Waals surface area contributed by atoms with Gasteiger partial charge in [-0.3, -0.25) is 4.79 Å². The van der Waals surface area contributed by atoms with E-state index in [-0.39, 0.29) is 5.56 Å². The fourth-order valence-corrected chi connectivity index (χ4v) is 2.12. The summed E-state index contributed by atoms with van der Waals surface area (Å²) in [6.45, 7) is 1.84. The predicted molar refractivity (Wildman–Crippen MR) is 78.0 cm³/mol. The second-order valence-electron chi connectivity index (χ2n) is 4.57. The van der Waals surface area contributed by atoms with Crippen molar-refractivity contribution >= 4 is 23.5 Å². The fraction of sp³-hybridized carbons (Fsp3) is 0.308. The molecule has 0 bridgehead atoms. The number of carboxylic acids is 1. The summed E-state index contributed by atoms with van der Waals surface area (Å²) in [4.78, 5) is 23.5. The number of carbonyl (C=O) groups is 2. The molecular formula is C13H14ClN5O3. The highest BCUT2D eigenvalue weighted by atomic mass is 35.5. The number of tetrazole rings is 1.